The fourth-order valence-corrected chi connectivity index (χ4v) is 6.26. The quantitative estimate of drug-likeness (QED) is 0.543. The molecule has 4 rings (SSSR count). The maximum Gasteiger partial charge on any atom is 0.223 e. The van der Waals surface area contributed by atoms with Crippen molar-refractivity contribution in [3.05, 3.63) is 59.7 Å². The fourth-order valence-electron chi connectivity index (χ4n) is 3.86. The van der Waals surface area contributed by atoms with Gasteiger partial charge in [-0.25, -0.2) is 13.4 Å². The number of carbonyl (C=O) groups is 1. The lowest BCUT2D eigenvalue weighted by atomic mass is 10.1. The van der Waals surface area contributed by atoms with Crippen LogP contribution < -0.4 is 4.90 Å². The van der Waals surface area contributed by atoms with E-state index in [1.54, 1.807) is 28.4 Å². The number of nitrogens with zero attached hydrogens (tertiary/aromatic N) is 3. The van der Waals surface area contributed by atoms with Crippen molar-refractivity contribution >= 4 is 42.4 Å². The maximum atomic E-state index is 12.6. The summed E-state index contributed by atoms with van der Waals surface area (Å²) in [4.78, 5) is 21.4. The lowest BCUT2D eigenvalue weighted by Crippen LogP contribution is -2.49. The van der Waals surface area contributed by atoms with Crippen LogP contribution in [0.4, 0.5) is 5.13 Å². The predicted octanol–water partition coefficient (Wildman–Crippen LogP) is 3.51. The second kappa shape index (κ2) is 9.36. The zero-order valence-electron chi connectivity index (χ0n) is 17.7. The largest absolute Gasteiger partial charge is 0.345 e. The van der Waals surface area contributed by atoms with Gasteiger partial charge < -0.3 is 9.80 Å². The number of hydrogen-bond donors (Lipinski definition) is 0. The van der Waals surface area contributed by atoms with Crippen molar-refractivity contribution in [2.24, 2.45) is 0 Å². The number of benzene rings is 2. The molecule has 6 nitrogen and oxygen atoms in total. The van der Waals surface area contributed by atoms with E-state index >= 15 is 0 Å². The first kappa shape index (κ1) is 21.8. The lowest BCUT2D eigenvalue weighted by molar-refractivity contribution is -0.131. The predicted molar refractivity (Wildman–Crippen MR) is 126 cm³/mol. The number of amides is 1. The van der Waals surface area contributed by atoms with E-state index < -0.39 is 9.84 Å². The third-order valence-corrected chi connectivity index (χ3v) is 8.31. The Morgan fingerprint density at radius 3 is 2.48 bits per heavy atom. The maximum absolute atomic E-state index is 12.6. The number of thiazole rings is 1. The highest BCUT2D eigenvalue weighted by molar-refractivity contribution is 7.90. The highest BCUT2D eigenvalue weighted by atomic mass is 32.2. The number of para-hydroxylation sites is 1. The van der Waals surface area contributed by atoms with Crippen LogP contribution in [-0.4, -0.2) is 56.1 Å². The summed E-state index contributed by atoms with van der Waals surface area (Å²) >= 11 is 1.69. The van der Waals surface area contributed by atoms with Crippen LogP contribution in [0.2, 0.25) is 0 Å². The van der Waals surface area contributed by atoms with E-state index in [1.165, 1.54) is 10.3 Å². The number of fused-ring (bicyclic) bond motifs is 1. The van der Waals surface area contributed by atoms with Crippen LogP contribution >= 0.6 is 11.3 Å². The first-order chi connectivity index (χ1) is 14.9. The second-order valence-electron chi connectivity index (χ2n) is 7.81. The van der Waals surface area contributed by atoms with Gasteiger partial charge in [-0.2, -0.15) is 0 Å². The Morgan fingerprint density at radius 1 is 1.03 bits per heavy atom. The normalized spacial score (nSPS) is 14.9. The van der Waals surface area contributed by atoms with Crippen LogP contribution in [0.5, 0.6) is 0 Å². The topological polar surface area (TPSA) is 70.6 Å². The average Bonchev–Trinajstić information content (AvgIpc) is 3.22. The van der Waals surface area contributed by atoms with E-state index in [0.29, 0.717) is 26.2 Å². The molecule has 8 heteroatoms. The molecule has 0 atom stereocenters. The molecule has 1 fully saturated rings. The number of sulfone groups is 1. The van der Waals surface area contributed by atoms with Crippen molar-refractivity contribution in [2.45, 2.75) is 25.5 Å². The number of aromatic nitrogens is 1. The van der Waals surface area contributed by atoms with Crippen LogP contribution in [0.15, 0.2) is 48.5 Å². The Labute approximate surface area is 187 Å². The molecule has 1 amide bonds. The van der Waals surface area contributed by atoms with Gasteiger partial charge in [-0.05, 0) is 23.6 Å². The number of anilines is 1. The summed E-state index contributed by atoms with van der Waals surface area (Å²) in [5.41, 5.74) is 3.09. The molecular weight excluding hydrogens is 430 g/mol. The van der Waals surface area contributed by atoms with E-state index in [9.17, 15) is 13.2 Å². The fraction of sp³-hybridized carbons (Fsp3) is 0.391. The van der Waals surface area contributed by atoms with Gasteiger partial charge in [0.2, 0.25) is 5.91 Å². The van der Waals surface area contributed by atoms with Gasteiger partial charge in [0.25, 0.3) is 0 Å². The Kier molecular flexibility index (Phi) is 6.57. The van der Waals surface area contributed by atoms with Crippen LogP contribution in [0.1, 0.15) is 24.5 Å². The molecule has 0 N–H and O–H groups in total. The Bertz CT molecular complexity index is 1150. The van der Waals surface area contributed by atoms with Gasteiger partial charge >= 0.3 is 0 Å². The number of piperazine rings is 1. The monoisotopic (exact) mass is 457 g/mol. The van der Waals surface area contributed by atoms with Gasteiger partial charge in [-0.3, -0.25) is 4.79 Å². The minimum Gasteiger partial charge on any atom is -0.345 e. The summed E-state index contributed by atoms with van der Waals surface area (Å²) in [5.74, 6) is -0.223. The third-order valence-electron chi connectivity index (χ3n) is 5.63. The number of hydrogen-bond acceptors (Lipinski definition) is 6. The van der Waals surface area contributed by atoms with Crippen LogP contribution in [0.3, 0.4) is 0 Å². The molecule has 2 heterocycles. The average molecular weight is 458 g/mol. The first-order valence-corrected chi connectivity index (χ1v) is 13.2. The van der Waals surface area contributed by atoms with Gasteiger partial charge in [-0.1, -0.05) is 60.7 Å². The molecular formula is C23H27N3O3S2. The molecule has 1 aliphatic rings. The molecule has 1 aromatic heterocycles. The minimum absolute atomic E-state index is 0.0216. The molecule has 0 radical (unpaired) electrons. The Morgan fingerprint density at radius 2 is 1.77 bits per heavy atom. The summed E-state index contributed by atoms with van der Waals surface area (Å²) in [5, 5.41) is 0.994. The highest BCUT2D eigenvalue weighted by Gasteiger charge is 2.24. The molecule has 0 unspecified atom stereocenters. The molecule has 2 aromatic carbocycles. The molecule has 0 saturated carbocycles. The number of carbonyl (C=O) groups excluding carboxylic acids is 1. The van der Waals surface area contributed by atoms with Crippen molar-refractivity contribution in [3.63, 3.8) is 0 Å². The minimum atomic E-state index is -3.31. The smallest absolute Gasteiger partial charge is 0.223 e. The zero-order valence-corrected chi connectivity index (χ0v) is 19.3. The molecule has 0 aliphatic carbocycles. The van der Waals surface area contributed by atoms with E-state index in [4.69, 9.17) is 4.98 Å². The lowest BCUT2D eigenvalue weighted by Gasteiger charge is -2.34. The molecule has 0 spiro atoms. The SMILES string of the molecule is CCc1cccc2sc(N3CCN(C(=O)CCS(=O)(=O)Cc4ccccc4)CC3)nc12. The first-order valence-electron chi connectivity index (χ1n) is 10.6. The molecule has 164 valence electrons. The van der Waals surface area contributed by atoms with E-state index in [-0.39, 0.29) is 23.8 Å². The molecule has 1 saturated heterocycles. The summed E-state index contributed by atoms with van der Waals surface area (Å²) in [6, 6.07) is 15.4. The van der Waals surface area contributed by atoms with Crippen molar-refractivity contribution in [3.8, 4) is 0 Å². The molecule has 31 heavy (non-hydrogen) atoms. The van der Waals surface area contributed by atoms with Gasteiger partial charge in [-0.15, -0.1) is 0 Å². The van der Waals surface area contributed by atoms with E-state index in [1.807, 2.05) is 18.2 Å². The van der Waals surface area contributed by atoms with Crippen molar-refractivity contribution in [1.82, 2.24) is 9.88 Å². The van der Waals surface area contributed by atoms with E-state index in [2.05, 4.69) is 30.0 Å². The molecule has 3 aromatic rings. The standard InChI is InChI=1S/C23H27N3O3S2/c1-2-19-9-6-10-20-22(19)24-23(30-20)26-14-12-25(13-15-26)21(27)11-16-31(28,29)17-18-7-4-3-5-8-18/h3-10H,2,11-17H2,1H3. The van der Waals surface area contributed by atoms with Gasteiger partial charge in [0.15, 0.2) is 15.0 Å². The van der Waals surface area contributed by atoms with Gasteiger partial charge in [0.1, 0.15) is 0 Å². The highest BCUT2D eigenvalue weighted by Crippen LogP contribution is 2.31. The summed E-state index contributed by atoms with van der Waals surface area (Å²) in [7, 11) is -3.31. The molecule has 0 bridgehead atoms. The van der Waals surface area contributed by atoms with Gasteiger partial charge in [0, 0.05) is 32.6 Å². The van der Waals surface area contributed by atoms with Crippen LogP contribution in [-0.2, 0) is 26.8 Å². The van der Waals surface area contributed by atoms with Crippen molar-refractivity contribution in [1.29, 1.82) is 0 Å². The Balaban J connectivity index is 1.31. The Hall–Kier alpha value is -2.45. The summed E-state index contributed by atoms with van der Waals surface area (Å²) in [6.45, 7) is 4.74. The second-order valence-corrected chi connectivity index (χ2v) is 11.0. The third kappa shape index (κ3) is 5.25. The van der Waals surface area contributed by atoms with Crippen molar-refractivity contribution < 1.29 is 13.2 Å². The van der Waals surface area contributed by atoms with Crippen LogP contribution in [0, 0.1) is 0 Å². The van der Waals surface area contributed by atoms with Crippen molar-refractivity contribution in [2.75, 3.05) is 36.8 Å². The van der Waals surface area contributed by atoms with Gasteiger partial charge in [0.05, 0.1) is 21.7 Å². The van der Waals surface area contributed by atoms with E-state index in [0.717, 1.165) is 22.6 Å². The number of aryl methyl sites for hydroxylation is 1. The molecule has 1 aliphatic heterocycles. The number of rotatable bonds is 7. The zero-order chi connectivity index (χ0) is 21.8. The summed E-state index contributed by atoms with van der Waals surface area (Å²) in [6.07, 6.45) is 0.992. The van der Waals surface area contributed by atoms with Crippen LogP contribution in [0.25, 0.3) is 10.2 Å². The summed E-state index contributed by atoms with van der Waals surface area (Å²) < 4.78 is 25.9.